The van der Waals surface area contributed by atoms with E-state index in [1.807, 2.05) is 0 Å². The van der Waals surface area contributed by atoms with E-state index in [2.05, 4.69) is 56.4 Å². The molecule has 0 atom stereocenters. The molecule has 0 aliphatic carbocycles. The van der Waals surface area contributed by atoms with Crippen molar-refractivity contribution in [2.75, 3.05) is 19.0 Å². The molecule has 1 rings (SSSR count). The summed E-state index contributed by atoms with van der Waals surface area (Å²) in [7, 11) is 3.87. The Kier molecular flexibility index (Phi) is 2.92. The summed E-state index contributed by atoms with van der Waals surface area (Å²) in [6, 6.07) is 8.80. The van der Waals surface area contributed by atoms with Crippen LogP contribution in [-0.4, -0.2) is 22.9 Å². The van der Waals surface area contributed by atoms with Gasteiger partial charge in [0.15, 0.2) is 0 Å². The number of hydrogen-bond acceptors (Lipinski definition) is 1. The van der Waals surface area contributed by atoms with Gasteiger partial charge in [-0.2, -0.15) is 0 Å². The zero-order chi connectivity index (χ0) is 9.14. The number of anilines is 1. The molecule has 0 heterocycles. The summed E-state index contributed by atoms with van der Waals surface area (Å²) in [6.45, 7) is 4.64. The maximum Gasteiger partial charge on any atom is 0.0792 e. The molecule has 0 spiro atoms. The van der Waals surface area contributed by atoms with Crippen molar-refractivity contribution in [3.63, 3.8) is 0 Å². The monoisotopic (exact) mass is 178 g/mol. The summed E-state index contributed by atoms with van der Waals surface area (Å²) < 4.78 is 0. The van der Waals surface area contributed by atoms with Crippen LogP contribution in [0.3, 0.4) is 0 Å². The maximum atomic E-state index is 2.32. The molecule has 12 heavy (non-hydrogen) atoms. The van der Waals surface area contributed by atoms with Crippen LogP contribution in [0.2, 0.25) is 13.1 Å². The second kappa shape index (κ2) is 3.76. The van der Waals surface area contributed by atoms with Crippen molar-refractivity contribution in [3.8, 4) is 0 Å². The molecule has 0 saturated heterocycles. The average molecular weight is 178 g/mol. The van der Waals surface area contributed by atoms with E-state index in [9.17, 15) is 0 Å². The lowest BCUT2D eigenvalue weighted by Crippen LogP contribution is -2.23. The van der Waals surface area contributed by atoms with Crippen molar-refractivity contribution < 1.29 is 0 Å². The summed E-state index contributed by atoms with van der Waals surface area (Å²) in [4.78, 5) is 2.15. The van der Waals surface area contributed by atoms with E-state index in [1.54, 1.807) is 0 Å². The standard InChI is InChI=1S/C10H16NSi/c1-11(2)9-6-5-7-10(8-9)12(3)4/h5-8H,1-4H3. The fourth-order valence-corrected chi connectivity index (χ4v) is 1.96. The Morgan fingerprint density at radius 3 is 2.33 bits per heavy atom. The molecular weight excluding hydrogens is 162 g/mol. The lowest BCUT2D eigenvalue weighted by atomic mass is 10.3. The molecule has 2 heteroatoms. The van der Waals surface area contributed by atoms with E-state index in [4.69, 9.17) is 0 Å². The number of nitrogens with zero attached hydrogens (tertiary/aromatic N) is 1. The first-order valence-electron chi connectivity index (χ1n) is 4.19. The predicted octanol–water partition coefficient (Wildman–Crippen LogP) is 1.71. The highest BCUT2D eigenvalue weighted by molar-refractivity contribution is 6.70. The fourth-order valence-electron chi connectivity index (χ4n) is 1.10. The van der Waals surface area contributed by atoms with Crippen LogP contribution >= 0.6 is 0 Å². The minimum absolute atomic E-state index is 0.294. The summed E-state index contributed by atoms with van der Waals surface area (Å²) in [6.07, 6.45) is 0. The Bertz CT molecular complexity index is 233. The maximum absolute atomic E-state index is 2.32. The molecule has 1 nitrogen and oxygen atoms in total. The quantitative estimate of drug-likeness (QED) is 0.623. The van der Waals surface area contributed by atoms with Gasteiger partial charge in [0.25, 0.3) is 0 Å². The van der Waals surface area contributed by atoms with E-state index in [0.717, 1.165) is 0 Å². The highest BCUT2D eigenvalue weighted by Gasteiger charge is 2.01. The third-order valence-electron chi connectivity index (χ3n) is 1.94. The zero-order valence-corrected chi connectivity index (χ0v) is 9.26. The molecule has 0 fully saturated rings. The predicted molar refractivity (Wildman–Crippen MR) is 57.9 cm³/mol. The summed E-state index contributed by atoms with van der Waals surface area (Å²) in [5, 5.41) is 1.51. The molecule has 0 saturated carbocycles. The van der Waals surface area contributed by atoms with Gasteiger partial charge in [0, 0.05) is 19.8 Å². The highest BCUT2D eigenvalue weighted by Crippen LogP contribution is 2.07. The summed E-state index contributed by atoms with van der Waals surface area (Å²) in [5.74, 6) is 0. The molecule has 0 unspecified atom stereocenters. The van der Waals surface area contributed by atoms with Crippen molar-refractivity contribution in [2.45, 2.75) is 13.1 Å². The largest absolute Gasteiger partial charge is 0.378 e. The Labute approximate surface area is 76.6 Å². The summed E-state index contributed by atoms with van der Waals surface area (Å²) >= 11 is 0. The molecule has 0 aromatic heterocycles. The third-order valence-corrected chi connectivity index (χ3v) is 3.41. The van der Waals surface area contributed by atoms with Crippen molar-refractivity contribution in [1.29, 1.82) is 0 Å². The SMILES string of the molecule is CN(C)c1cccc([Si](C)C)c1. The van der Waals surface area contributed by atoms with Gasteiger partial charge >= 0.3 is 0 Å². The van der Waals surface area contributed by atoms with E-state index in [-0.39, 0.29) is 8.80 Å². The normalized spacial score (nSPS) is 10.4. The molecule has 1 radical (unpaired) electrons. The minimum Gasteiger partial charge on any atom is -0.378 e. The second-order valence-corrected chi connectivity index (χ2v) is 6.02. The molecular formula is C10H16NSi. The van der Waals surface area contributed by atoms with Gasteiger partial charge in [0.1, 0.15) is 0 Å². The lowest BCUT2D eigenvalue weighted by molar-refractivity contribution is 1.13. The van der Waals surface area contributed by atoms with Crippen LogP contribution in [-0.2, 0) is 0 Å². The smallest absolute Gasteiger partial charge is 0.0792 e. The van der Waals surface area contributed by atoms with E-state index >= 15 is 0 Å². The van der Waals surface area contributed by atoms with Gasteiger partial charge in [0.2, 0.25) is 0 Å². The van der Waals surface area contributed by atoms with E-state index in [1.165, 1.54) is 10.9 Å². The topological polar surface area (TPSA) is 3.24 Å². The van der Waals surface area contributed by atoms with E-state index < -0.39 is 0 Å². The average Bonchev–Trinajstić information content (AvgIpc) is 2.04. The highest BCUT2D eigenvalue weighted by atomic mass is 28.3. The van der Waals surface area contributed by atoms with Gasteiger partial charge in [-0.1, -0.05) is 30.4 Å². The van der Waals surface area contributed by atoms with Crippen LogP contribution in [0.25, 0.3) is 0 Å². The van der Waals surface area contributed by atoms with Crippen LogP contribution in [0.5, 0.6) is 0 Å². The zero-order valence-electron chi connectivity index (χ0n) is 8.26. The lowest BCUT2D eigenvalue weighted by Gasteiger charge is -2.14. The molecule has 65 valence electrons. The Morgan fingerprint density at radius 2 is 1.83 bits per heavy atom. The van der Waals surface area contributed by atoms with E-state index in [0.29, 0.717) is 0 Å². The van der Waals surface area contributed by atoms with Gasteiger partial charge in [-0.3, -0.25) is 0 Å². The van der Waals surface area contributed by atoms with Crippen molar-refractivity contribution in [3.05, 3.63) is 24.3 Å². The van der Waals surface area contributed by atoms with Gasteiger partial charge in [-0.25, -0.2) is 0 Å². The van der Waals surface area contributed by atoms with Gasteiger partial charge < -0.3 is 4.90 Å². The van der Waals surface area contributed by atoms with Crippen molar-refractivity contribution in [1.82, 2.24) is 0 Å². The first-order valence-corrected chi connectivity index (χ1v) is 6.69. The molecule has 0 aliphatic rings. The molecule has 0 aliphatic heterocycles. The minimum atomic E-state index is -0.294. The first-order chi connectivity index (χ1) is 5.61. The molecule has 0 N–H and O–H groups in total. The van der Waals surface area contributed by atoms with Crippen LogP contribution in [0.1, 0.15) is 0 Å². The summed E-state index contributed by atoms with van der Waals surface area (Å²) in [5.41, 5.74) is 1.30. The van der Waals surface area contributed by atoms with Crippen molar-refractivity contribution >= 4 is 19.7 Å². The van der Waals surface area contributed by atoms with Gasteiger partial charge in [-0.15, -0.1) is 0 Å². The van der Waals surface area contributed by atoms with Gasteiger partial charge in [0.05, 0.1) is 8.80 Å². The Balaban J connectivity index is 2.96. The molecule has 1 aromatic rings. The van der Waals surface area contributed by atoms with Crippen LogP contribution in [0.15, 0.2) is 24.3 Å². The first kappa shape index (κ1) is 9.33. The number of rotatable bonds is 2. The van der Waals surface area contributed by atoms with Crippen molar-refractivity contribution in [2.24, 2.45) is 0 Å². The van der Waals surface area contributed by atoms with Gasteiger partial charge in [-0.05, 0) is 12.1 Å². The Morgan fingerprint density at radius 1 is 1.17 bits per heavy atom. The van der Waals surface area contributed by atoms with Crippen LogP contribution < -0.4 is 10.1 Å². The van der Waals surface area contributed by atoms with Crippen LogP contribution in [0, 0.1) is 0 Å². The third kappa shape index (κ3) is 2.11. The molecule has 0 amide bonds. The number of benzene rings is 1. The molecule has 1 aromatic carbocycles. The fraction of sp³-hybridized carbons (Fsp3) is 0.400. The number of hydrogen-bond donors (Lipinski definition) is 0. The second-order valence-electron chi connectivity index (χ2n) is 3.44. The van der Waals surface area contributed by atoms with Crippen LogP contribution in [0.4, 0.5) is 5.69 Å². The molecule has 0 bridgehead atoms. The Hall–Kier alpha value is -0.763.